The molecule has 1 heterocycles. The highest BCUT2D eigenvalue weighted by molar-refractivity contribution is 6.35. The number of aromatic nitrogens is 2. The van der Waals surface area contributed by atoms with Crippen LogP contribution in [0.4, 0.5) is 29.1 Å². The van der Waals surface area contributed by atoms with Gasteiger partial charge < -0.3 is 5.32 Å². The predicted octanol–water partition coefficient (Wildman–Crippen LogP) is 5.34. The molecule has 2 aromatic rings. The van der Waals surface area contributed by atoms with Crippen molar-refractivity contribution in [2.45, 2.75) is 6.18 Å². The van der Waals surface area contributed by atoms with E-state index in [9.17, 15) is 17.6 Å². The number of alkyl halides is 3. The molecule has 1 aromatic carbocycles. The van der Waals surface area contributed by atoms with Gasteiger partial charge in [0.1, 0.15) is 5.82 Å². The summed E-state index contributed by atoms with van der Waals surface area (Å²) in [6, 6.07) is 2.94. The van der Waals surface area contributed by atoms with Gasteiger partial charge in [0.25, 0.3) is 0 Å². The number of rotatable bonds is 2. The fourth-order valence-corrected chi connectivity index (χ4v) is 2.07. The second-order valence-electron chi connectivity index (χ2n) is 3.78. The topological polar surface area (TPSA) is 37.8 Å². The van der Waals surface area contributed by atoms with E-state index < -0.39 is 23.0 Å². The molecule has 0 saturated heterocycles. The van der Waals surface area contributed by atoms with Crippen molar-refractivity contribution in [1.29, 1.82) is 0 Å². The Kier molecular flexibility index (Phi) is 4.46. The molecule has 0 radical (unpaired) electrons. The fraction of sp³-hybridized carbons (Fsp3) is 0.0909. The van der Waals surface area contributed by atoms with E-state index >= 15 is 0 Å². The molecule has 0 aliphatic carbocycles. The summed E-state index contributed by atoms with van der Waals surface area (Å²) in [6.45, 7) is 0. The number of nitrogens with one attached hydrogen (secondary N) is 1. The molecule has 1 aromatic heterocycles. The van der Waals surface area contributed by atoms with Gasteiger partial charge in [0.2, 0.25) is 5.28 Å². The van der Waals surface area contributed by atoms with Gasteiger partial charge in [-0.05, 0) is 23.7 Å². The van der Waals surface area contributed by atoms with Gasteiger partial charge in [0.15, 0.2) is 11.5 Å². The van der Waals surface area contributed by atoms with Gasteiger partial charge in [-0.1, -0.05) is 23.2 Å². The largest absolute Gasteiger partial charge is 0.433 e. The van der Waals surface area contributed by atoms with Gasteiger partial charge in [-0.25, -0.2) is 14.4 Å². The van der Waals surface area contributed by atoms with Crippen LogP contribution in [-0.4, -0.2) is 9.97 Å². The minimum absolute atomic E-state index is 0.147. The van der Waals surface area contributed by atoms with Crippen molar-refractivity contribution < 1.29 is 17.6 Å². The summed E-state index contributed by atoms with van der Waals surface area (Å²) in [5.41, 5.74) is -1.07. The third-order valence-electron chi connectivity index (χ3n) is 2.25. The maximum absolute atomic E-state index is 13.2. The highest BCUT2D eigenvalue weighted by Crippen LogP contribution is 2.32. The van der Waals surface area contributed by atoms with E-state index in [1.165, 1.54) is 0 Å². The van der Waals surface area contributed by atoms with E-state index in [1.54, 1.807) is 0 Å². The summed E-state index contributed by atoms with van der Waals surface area (Å²) in [5, 5.41) is 1.32. The molecule has 21 heavy (non-hydrogen) atoms. The van der Waals surface area contributed by atoms with E-state index in [2.05, 4.69) is 15.3 Å². The number of benzene rings is 1. The molecule has 0 aliphatic rings. The van der Waals surface area contributed by atoms with Crippen LogP contribution in [0.3, 0.4) is 0 Å². The third kappa shape index (κ3) is 3.87. The molecule has 0 atom stereocenters. The van der Waals surface area contributed by atoms with Crippen molar-refractivity contribution in [1.82, 2.24) is 9.97 Å². The van der Waals surface area contributed by atoms with E-state index in [0.29, 0.717) is 6.07 Å². The van der Waals surface area contributed by atoms with Crippen molar-refractivity contribution >= 4 is 46.3 Å². The quantitative estimate of drug-likeness (QED) is 0.446. The lowest BCUT2D eigenvalue weighted by atomic mass is 10.3. The zero-order chi connectivity index (χ0) is 15.8. The molecule has 0 amide bonds. The van der Waals surface area contributed by atoms with Crippen LogP contribution >= 0.6 is 34.8 Å². The van der Waals surface area contributed by atoms with Crippen molar-refractivity contribution in [2.24, 2.45) is 0 Å². The fourth-order valence-electron chi connectivity index (χ4n) is 1.40. The number of halogens is 7. The second kappa shape index (κ2) is 5.82. The summed E-state index contributed by atoms with van der Waals surface area (Å²) < 4.78 is 51.0. The zero-order valence-corrected chi connectivity index (χ0v) is 12.0. The minimum atomic E-state index is -4.68. The molecule has 0 spiro atoms. The SMILES string of the molecule is Fc1c(Cl)cc(Nc2cc(C(F)(F)F)nc(Cl)n2)cc1Cl. The highest BCUT2D eigenvalue weighted by atomic mass is 35.5. The van der Waals surface area contributed by atoms with Crippen LogP contribution in [0.5, 0.6) is 0 Å². The van der Waals surface area contributed by atoms with Crippen LogP contribution in [0, 0.1) is 5.82 Å². The third-order valence-corrected chi connectivity index (χ3v) is 2.96. The molecular weight excluding hydrogens is 356 g/mol. The summed E-state index contributed by atoms with van der Waals surface area (Å²) in [5.74, 6) is -1.07. The van der Waals surface area contributed by atoms with Gasteiger partial charge in [-0.3, -0.25) is 0 Å². The first kappa shape index (κ1) is 16.1. The van der Waals surface area contributed by atoms with Crippen LogP contribution in [0.1, 0.15) is 5.69 Å². The smallest absolute Gasteiger partial charge is 0.340 e. The number of anilines is 2. The lowest BCUT2D eigenvalue weighted by molar-refractivity contribution is -0.141. The highest BCUT2D eigenvalue weighted by Gasteiger charge is 2.33. The summed E-state index contributed by atoms with van der Waals surface area (Å²) in [7, 11) is 0. The van der Waals surface area contributed by atoms with Crippen molar-refractivity contribution in [2.75, 3.05) is 5.32 Å². The molecule has 0 saturated carbocycles. The average molecular weight is 361 g/mol. The average Bonchev–Trinajstić information content (AvgIpc) is 2.34. The molecule has 0 unspecified atom stereocenters. The Labute approximate surface area is 130 Å². The first-order chi connectivity index (χ1) is 9.66. The van der Waals surface area contributed by atoms with Gasteiger partial charge in [0.05, 0.1) is 10.0 Å². The molecule has 1 N–H and O–H groups in total. The Balaban J connectivity index is 2.38. The zero-order valence-electron chi connectivity index (χ0n) is 9.77. The monoisotopic (exact) mass is 359 g/mol. The Morgan fingerprint density at radius 2 is 1.52 bits per heavy atom. The molecule has 112 valence electrons. The molecule has 10 heteroatoms. The maximum atomic E-state index is 13.2. The minimum Gasteiger partial charge on any atom is -0.340 e. The Morgan fingerprint density at radius 3 is 2.05 bits per heavy atom. The molecule has 3 nitrogen and oxygen atoms in total. The summed E-state index contributed by atoms with van der Waals surface area (Å²) >= 11 is 16.6. The lowest BCUT2D eigenvalue weighted by Gasteiger charge is -2.10. The van der Waals surface area contributed by atoms with Crippen LogP contribution < -0.4 is 5.32 Å². The summed E-state index contributed by atoms with van der Waals surface area (Å²) in [6.07, 6.45) is -4.68. The van der Waals surface area contributed by atoms with Gasteiger partial charge in [0, 0.05) is 11.8 Å². The van der Waals surface area contributed by atoms with E-state index in [-0.39, 0.29) is 21.6 Å². The van der Waals surface area contributed by atoms with Crippen molar-refractivity contribution in [3.05, 3.63) is 45.0 Å². The molecule has 2 rings (SSSR count). The Bertz CT molecular complexity index is 668. The van der Waals surface area contributed by atoms with Gasteiger partial charge in [-0.2, -0.15) is 13.2 Å². The maximum Gasteiger partial charge on any atom is 0.433 e. The van der Waals surface area contributed by atoms with E-state index in [0.717, 1.165) is 12.1 Å². The first-order valence-electron chi connectivity index (χ1n) is 5.20. The number of nitrogens with zero attached hydrogens (tertiary/aromatic N) is 2. The van der Waals surface area contributed by atoms with E-state index in [4.69, 9.17) is 34.8 Å². The first-order valence-corrected chi connectivity index (χ1v) is 6.33. The van der Waals surface area contributed by atoms with Crippen LogP contribution in [0.25, 0.3) is 0 Å². The van der Waals surface area contributed by atoms with Crippen LogP contribution in [0.15, 0.2) is 18.2 Å². The predicted molar refractivity (Wildman–Crippen MR) is 71.7 cm³/mol. The van der Waals surface area contributed by atoms with Gasteiger partial charge >= 0.3 is 6.18 Å². The lowest BCUT2D eigenvalue weighted by Crippen LogP contribution is -2.10. The number of hydrogen-bond donors (Lipinski definition) is 1. The van der Waals surface area contributed by atoms with Crippen LogP contribution in [0.2, 0.25) is 15.3 Å². The van der Waals surface area contributed by atoms with Gasteiger partial charge in [-0.15, -0.1) is 0 Å². The van der Waals surface area contributed by atoms with Crippen LogP contribution in [-0.2, 0) is 6.18 Å². The summed E-state index contributed by atoms with van der Waals surface area (Å²) in [4.78, 5) is 6.66. The Morgan fingerprint density at radius 1 is 0.952 bits per heavy atom. The second-order valence-corrected chi connectivity index (χ2v) is 4.94. The molecular formula is C11H4Cl3F4N3. The van der Waals surface area contributed by atoms with Crippen molar-refractivity contribution in [3.8, 4) is 0 Å². The molecule has 0 bridgehead atoms. The number of hydrogen-bond acceptors (Lipinski definition) is 3. The van der Waals surface area contributed by atoms with Crippen molar-refractivity contribution in [3.63, 3.8) is 0 Å². The van der Waals surface area contributed by atoms with E-state index in [1.807, 2.05) is 0 Å². The Hall–Kier alpha value is -1.31. The standard InChI is InChI=1S/C11H4Cl3F4N3/c12-5-1-4(2-6(13)9(5)15)19-8-3-7(11(16,17)18)20-10(14)21-8/h1-3H,(H,19,20,21). The molecule has 0 fully saturated rings. The molecule has 0 aliphatic heterocycles. The normalized spacial score (nSPS) is 11.6.